The maximum atomic E-state index is 11.7. The van der Waals surface area contributed by atoms with Crippen LogP contribution < -0.4 is 9.47 Å². The summed E-state index contributed by atoms with van der Waals surface area (Å²) in [6.45, 7) is 2.76. The molecule has 0 aliphatic carbocycles. The van der Waals surface area contributed by atoms with Crippen molar-refractivity contribution in [3.63, 3.8) is 0 Å². The first-order chi connectivity index (χ1) is 10.3. The van der Waals surface area contributed by atoms with Gasteiger partial charge in [-0.25, -0.2) is 0 Å². The minimum atomic E-state index is -0.356. The highest BCUT2D eigenvalue weighted by Gasteiger charge is 2.29. The van der Waals surface area contributed by atoms with Crippen LogP contribution in [0, 0.1) is 0 Å². The molecular formula is C15H21NO5. The standard InChI is InChI=1S/C15H21NO5/c1-18-13-5-3-4-6-14(13)21-10-8-16-7-9-20-11-12(16)15(17)19-2/h3-6,12H,7-11H2,1-2H3. The van der Waals surface area contributed by atoms with Gasteiger partial charge in [-0.3, -0.25) is 9.69 Å². The molecular weight excluding hydrogens is 274 g/mol. The van der Waals surface area contributed by atoms with Gasteiger partial charge >= 0.3 is 5.97 Å². The number of ether oxygens (including phenoxy) is 4. The average Bonchev–Trinajstić information content (AvgIpc) is 2.55. The van der Waals surface area contributed by atoms with Crippen LogP contribution in [0.3, 0.4) is 0 Å². The van der Waals surface area contributed by atoms with Gasteiger partial charge in [-0.15, -0.1) is 0 Å². The monoisotopic (exact) mass is 295 g/mol. The van der Waals surface area contributed by atoms with Crippen molar-refractivity contribution in [3.8, 4) is 11.5 Å². The number of hydrogen-bond acceptors (Lipinski definition) is 6. The molecule has 1 aliphatic rings. The van der Waals surface area contributed by atoms with Crippen molar-refractivity contribution >= 4 is 5.97 Å². The van der Waals surface area contributed by atoms with E-state index in [1.807, 2.05) is 29.2 Å². The molecule has 1 fully saturated rings. The molecule has 0 radical (unpaired) electrons. The third-order valence-electron chi connectivity index (χ3n) is 3.42. The highest BCUT2D eigenvalue weighted by molar-refractivity contribution is 5.75. The van der Waals surface area contributed by atoms with Gasteiger partial charge in [0.25, 0.3) is 0 Å². The fraction of sp³-hybridized carbons (Fsp3) is 0.533. The Kier molecular flexibility index (Phi) is 5.83. The number of para-hydroxylation sites is 2. The number of benzene rings is 1. The average molecular weight is 295 g/mol. The van der Waals surface area contributed by atoms with E-state index in [1.54, 1.807) is 7.11 Å². The highest BCUT2D eigenvalue weighted by Crippen LogP contribution is 2.25. The molecule has 0 spiro atoms. The van der Waals surface area contributed by atoms with E-state index >= 15 is 0 Å². The van der Waals surface area contributed by atoms with Gasteiger partial charge < -0.3 is 18.9 Å². The zero-order valence-electron chi connectivity index (χ0n) is 12.4. The summed E-state index contributed by atoms with van der Waals surface area (Å²) in [6.07, 6.45) is 0. The molecule has 0 aromatic heterocycles. The maximum absolute atomic E-state index is 11.7. The lowest BCUT2D eigenvalue weighted by atomic mass is 10.2. The molecule has 1 aromatic rings. The Hall–Kier alpha value is -1.79. The third-order valence-corrected chi connectivity index (χ3v) is 3.42. The molecule has 0 N–H and O–H groups in total. The predicted molar refractivity (Wildman–Crippen MR) is 76.7 cm³/mol. The van der Waals surface area contributed by atoms with Gasteiger partial charge in [-0.05, 0) is 12.1 Å². The molecule has 1 atom stereocenters. The molecule has 0 amide bonds. The molecule has 1 unspecified atom stereocenters. The minimum absolute atomic E-state index is 0.271. The van der Waals surface area contributed by atoms with Gasteiger partial charge in [-0.2, -0.15) is 0 Å². The molecule has 6 heteroatoms. The number of carbonyl (C=O) groups is 1. The Morgan fingerprint density at radius 3 is 2.81 bits per heavy atom. The van der Waals surface area contributed by atoms with Crippen LogP contribution in [-0.4, -0.2) is 64.0 Å². The number of nitrogens with zero attached hydrogens (tertiary/aromatic N) is 1. The van der Waals surface area contributed by atoms with E-state index in [9.17, 15) is 4.79 Å². The molecule has 1 heterocycles. The molecule has 2 rings (SSSR count). The first-order valence-electron chi connectivity index (χ1n) is 6.91. The first-order valence-corrected chi connectivity index (χ1v) is 6.91. The molecule has 116 valence electrons. The fourth-order valence-corrected chi connectivity index (χ4v) is 2.27. The molecule has 0 saturated carbocycles. The van der Waals surface area contributed by atoms with E-state index in [0.717, 1.165) is 0 Å². The smallest absolute Gasteiger partial charge is 0.325 e. The van der Waals surface area contributed by atoms with Crippen LogP contribution in [0.5, 0.6) is 11.5 Å². The second kappa shape index (κ2) is 7.85. The zero-order chi connectivity index (χ0) is 15.1. The Balaban J connectivity index is 1.87. The summed E-state index contributed by atoms with van der Waals surface area (Å²) in [5.41, 5.74) is 0. The Morgan fingerprint density at radius 1 is 1.33 bits per heavy atom. The summed E-state index contributed by atoms with van der Waals surface area (Å²) >= 11 is 0. The summed E-state index contributed by atoms with van der Waals surface area (Å²) in [5, 5.41) is 0. The molecule has 1 saturated heterocycles. The van der Waals surface area contributed by atoms with Crippen molar-refractivity contribution in [1.82, 2.24) is 4.90 Å². The van der Waals surface area contributed by atoms with Crippen LogP contribution in [0.1, 0.15) is 0 Å². The summed E-state index contributed by atoms with van der Waals surface area (Å²) < 4.78 is 21.1. The Morgan fingerprint density at radius 2 is 2.10 bits per heavy atom. The number of morpholine rings is 1. The highest BCUT2D eigenvalue weighted by atomic mass is 16.5. The summed E-state index contributed by atoms with van der Waals surface area (Å²) in [5.74, 6) is 1.12. The lowest BCUT2D eigenvalue weighted by Gasteiger charge is -2.33. The lowest BCUT2D eigenvalue weighted by molar-refractivity contribution is -0.153. The summed E-state index contributed by atoms with van der Waals surface area (Å²) in [7, 11) is 3.00. The van der Waals surface area contributed by atoms with Crippen LogP contribution >= 0.6 is 0 Å². The van der Waals surface area contributed by atoms with Gasteiger partial charge in [0.2, 0.25) is 0 Å². The van der Waals surface area contributed by atoms with Crippen LogP contribution in [0.15, 0.2) is 24.3 Å². The van der Waals surface area contributed by atoms with E-state index in [1.165, 1.54) is 7.11 Å². The minimum Gasteiger partial charge on any atom is -0.493 e. The van der Waals surface area contributed by atoms with E-state index in [-0.39, 0.29) is 12.0 Å². The fourth-order valence-electron chi connectivity index (χ4n) is 2.27. The SMILES string of the molecule is COC(=O)C1COCCN1CCOc1ccccc1OC. The van der Waals surface area contributed by atoms with Crippen molar-refractivity contribution in [2.45, 2.75) is 6.04 Å². The maximum Gasteiger partial charge on any atom is 0.325 e. The first kappa shape index (κ1) is 15.6. The van der Waals surface area contributed by atoms with Crippen molar-refractivity contribution in [1.29, 1.82) is 0 Å². The van der Waals surface area contributed by atoms with Gasteiger partial charge in [0.1, 0.15) is 12.6 Å². The molecule has 6 nitrogen and oxygen atoms in total. The van der Waals surface area contributed by atoms with Crippen molar-refractivity contribution < 1.29 is 23.7 Å². The van der Waals surface area contributed by atoms with Crippen LogP contribution in [0.4, 0.5) is 0 Å². The topological polar surface area (TPSA) is 57.2 Å². The van der Waals surface area contributed by atoms with E-state index < -0.39 is 0 Å². The Bertz CT molecular complexity index is 465. The molecule has 0 bridgehead atoms. The van der Waals surface area contributed by atoms with Crippen molar-refractivity contribution in [3.05, 3.63) is 24.3 Å². The normalized spacial score (nSPS) is 19.0. The van der Waals surface area contributed by atoms with Gasteiger partial charge in [0, 0.05) is 13.1 Å². The van der Waals surface area contributed by atoms with E-state index in [0.29, 0.717) is 44.4 Å². The predicted octanol–water partition coefficient (Wildman–Crippen LogP) is 0.948. The van der Waals surface area contributed by atoms with Gasteiger partial charge in [0.05, 0.1) is 27.4 Å². The summed E-state index contributed by atoms with van der Waals surface area (Å²) in [4.78, 5) is 13.7. The number of rotatable bonds is 6. The number of methoxy groups -OCH3 is 2. The molecule has 1 aromatic carbocycles. The quantitative estimate of drug-likeness (QED) is 0.728. The summed E-state index contributed by atoms with van der Waals surface area (Å²) in [6, 6.07) is 7.13. The van der Waals surface area contributed by atoms with Gasteiger partial charge in [0.15, 0.2) is 11.5 Å². The van der Waals surface area contributed by atoms with Crippen LogP contribution in [0.2, 0.25) is 0 Å². The second-order valence-corrected chi connectivity index (χ2v) is 4.65. The van der Waals surface area contributed by atoms with Crippen LogP contribution in [0.25, 0.3) is 0 Å². The van der Waals surface area contributed by atoms with E-state index in [2.05, 4.69) is 0 Å². The van der Waals surface area contributed by atoms with Crippen molar-refractivity contribution in [2.24, 2.45) is 0 Å². The lowest BCUT2D eigenvalue weighted by Crippen LogP contribution is -2.51. The Labute approximate surface area is 124 Å². The largest absolute Gasteiger partial charge is 0.493 e. The van der Waals surface area contributed by atoms with E-state index in [4.69, 9.17) is 18.9 Å². The third kappa shape index (κ3) is 4.09. The molecule has 1 aliphatic heterocycles. The number of esters is 1. The zero-order valence-corrected chi connectivity index (χ0v) is 12.4. The molecule has 21 heavy (non-hydrogen) atoms. The second-order valence-electron chi connectivity index (χ2n) is 4.65. The van der Waals surface area contributed by atoms with Crippen molar-refractivity contribution in [2.75, 3.05) is 47.1 Å². The number of carbonyl (C=O) groups excluding carboxylic acids is 1. The van der Waals surface area contributed by atoms with Crippen LogP contribution in [-0.2, 0) is 14.3 Å². The number of hydrogen-bond donors (Lipinski definition) is 0. The van der Waals surface area contributed by atoms with Gasteiger partial charge in [-0.1, -0.05) is 12.1 Å².